The molecule has 0 unspecified atom stereocenters. The van der Waals surface area contributed by atoms with Crippen LogP contribution in [0.4, 0.5) is 0 Å². The third-order valence-electron chi connectivity index (χ3n) is 2.11. The molecule has 0 aromatic carbocycles. The summed E-state index contributed by atoms with van der Waals surface area (Å²) in [5.41, 5.74) is 0. The topological polar surface area (TPSA) is 20.3 Å². The van der Waals surface area contributed by atoms with Gasteiger partial charge in [0.05, 0.1) is 0 Å². The summed E-state index contributed by atoms with van der Waals surface area (Å²) in [6.45, 7) is 12.0. The molecule has 0 aliphatic heterocycles. The highest BCUT2D eigenvalue weighted by Gasteiger charge is 2.21. The van der Waals surface area contributed by atoms with Crippen LogP contribution in [-0.2, 0) is 4.79 Å². The van der Waals surface area contributed by atoms with Crippen molar-refractivity contribution in [1.82, 2.24) is 4.90 Å². The number of hydrogen-bond donors (Lipinski definition) is 0. The Morgan fingerprint density at radius 1 is 1.13 bits per heavy atom. The van der Waals surface area contributed by atoms with E-state index in [1.54, 1.807) is 0 Å². The Bertz CT molecular complexity index is 182. The third kappa shape index (κ3) is 6.03. The number of carbonyl (C=O) groups is 1. The molecular weight excluding hydrogens is 210 g/mol. The molecule has 0 saturated heterocycles. The van der Waals surface area contributed by atoms with Crippen molar-refractivity contribution in [3.05, 3.63) is 0 Å². The van der Waals surface area contributed by atoms with Gasteiger partial charge in [0.2, 0.25) is 5.91 Å². The van der Waals surface area contributed by atoms with E-state index in [0.717, 1.165) is 13.1 Å². The fraction of sp³-hybridized carbons (Fsp3) is 0.917. The highest BCUT2D eigenvalue weighted by atomic mass is 35.5. The number of alkyl halides is 1. The van der Waals surface area contributed by atoms with E-state index in [2.05, 4.69) is 27.7 Å². The fourth-order valence-electron chi connectivity index (χ4n) is 1.51. The number of amides is 1. The van der Waals surface area contributed by atoms with E-state index in [9.17, 15) is 4.79 Å². The number of carbonyl (C=O) groups excluding carboxylic acids is 1. The van der Waals surface area contributed by atoms with Crippen molar-refractivity contribution in [1.29, 1.82) is 0 Å². The van der Waals surface area contributed by atoms with Gasteiger partial charge in [-0.05, 0) is 18.3 Å². The van der Waals surface area contributed by atoms with Gasteiger partial charge < -0.3 is 4.90 Å². The summed E-state index contributed by atoms with van der Waals surface area (Å²) in [6.07, 6.45) is 0.701. The predicted octanol–water partition coefficient (Wildman–Crippen LogP) is 3.14. The normalized spacial score (nSPS) is 13.3. The van der Waals surface area contributed by atoms with E-state index < -0.39 is 0 Å². The molecule has 1 atom stereocenters. The van der Waals surface area contributed by atoms with Gasteiger partial charge in [-0.25, -0.2) is 0 Å². The van der Waals surface area contributed by atoms with E-state index in [1.165, 1.54) is 0 Å². The van der Waals surface area contributed by atoms with Crippen LogP contribution in [-0.4, -0.2) is 29.3 Å². The van der Waals surface area contributed by atoms with Crippen LogP contribution < -0.4 is 0 Å². The van der Waals surface area contributed by atoms with Gasteiger partial charge in [-0.3, -0.25) is 4.79 Å². The lowest BCUT2D eigenvalue weighted by molar-refractivity contribution is -0.131. The van der Waals surface area contributed by atoms with Crippen molar-refractivity contribution >= 4 is 17.5 Å². The second kappa shape index (κ2) is 7.10. The molecule has 0 aliphatic carbocycles. The first-order chi connectivity index (χ1) is 6.88. The van der Waals surface area contributed by atoms with Crippen molar-refractivity contribution in [3.8, 4) is 0 Å². The Kier molecular flexibility index (Phi) is 6.99. The van der Waals surface area contributed by atoms with Crippen molar-refractivity contribution in [2.24, 2.45) is 11.8 Å². The van der Waals surface area contributed by atoms with Crippen LogP contribution in [0.5, 0.6) is 0 Å². The third-order valence-corrected chi connectivity index (χ3v) is 2.60. The van der Waals surface area contributed by atoms with Crippen LogP contribution in [0.1, 0.15) is 41.0 Å². The Morgan fingerprint density at radius 3 is 1.80 bits per heavy atom. The van der Waals surface area contributed by atoms with Gasteiger partial charge in [0.15, 0.2) is 0 Å². The number of halogens is 1. The average molecular weight is 234 g/mol. The maximum Gasteiger partial charge on any atom is 0.240 e. The molecule has 0 radical (unpaired) electrons. The van der Waals surface area contributed by atoms with E-state index in [1.807, 2.05) is 11.8 Å². The lowest BCUT2D eigenvalue weighted by atomic mass is 10.1. The van der Waals surface area contributed by atoms with E-state index >= 15 is 0 Å². The Balaban J connectivity index is 4.40. The van der Waals surface area contributed by atoms with Gasteiger partial charge in [0, 0.05) is 13.1 Å². The summed E-state index contributed by atoms with van der Waals surface area (Å²) in [5, 5.41) is -0.359. The minimum atomic E-state index is -0.359. The number of hydrogen-bond acceptors (Lipinski definition) is 1. The average Bonchev–Trinajstić information content (AvgIpc) is 2.13. The van der Waals surface area contributed by atoms with Crippen molar-refractivity contribution in [2.75, 3.05) is 13.1 Å². The molecule has 0 N–H and O–H groups in total. The quantitative estimate of drug-likeness (QED) is 0.646. The first-order valence-electron chi connectivity index (χ1n) is 5.81. The monoisotopic (exact) mass is 233 g/mol. The SMILES string of the molecule is CC[C@H](Cl)C(=O)N(CC(C)C)CC(C)C. The van der Waals surface area contributed by atoms with Gasteiger partial charge in [-0.1, -0.05) is 34.6 Å². The molecule has 90 valence electrons. The van der Waals surface area contributed by atoms with Crippen molar-refractivity contribution in [2.45, 2.75) is 46.4 Å². The van der Waals surface area contributed by atoms with Gasteiger partial charge in [-0.2, -0.15) is 0 Å². The summed E-state index contributed by atoms with van der Waals surface area (Å²) in [4.78, 5) is 13.8. The van der Waals surface area contributed by atoms with Gasteiger partial charge in [-0.15, -0.1) is 11.6 Å². The zero-order chi connectivity index (χ0) is 12.0. The summed E-state index contributed by atoms with van der Waals surface area (Å²) < 4.78 is 0. The lowest BCUT2D eigenvalue weighted by Crippen LogP contribution is -2.41. The highest BCUT2D eigenvalue weighted by molar-refractivity contribution is 6.30. The van der Waals surface area contributed by atoms with Crippen molar-refractivity contribution in [3.63, 3.8) is 0 Å². The van der Waals surface area contributed by atoms with Gasteiger partial charge >= 0.3 is 0 Å². The van der Waals surface area contributed by atoms with Crippen molar-refractivity contribution < 1.29 is 4.79 Å². The van der Waals surface area contributed by atoms with Crippen LogP contribution in [0.2, 0.25) is 0 Å². The molecule has 3 heteroatoms. The first-order valence-corrected chi connectivity index (χ1v) is 6.24. The lowest BCUT2D eigenvalue weighted by Gasteiger charge is -2.28. The van der Waals surface area contributed by atoms with Crippen LogP contribution in [0.25, 0.3) is 0 Å². The summed E-state index contributed by atoms with van der Waals surface area (Å²) in [5.74, 6) is 1.07. The summed E-state index contributed by atoms with van der Waals surface area (Å²) in [7, 11) is 0. The predicted molar refractivity (Wildman–Crippen MR) is 66.2 cm³/mol. The molecule has 2 nitrogen and oxygen atoms in total. The fourth-order valence-corrected chi connectivity index (χ4v) is 1.65. The largest absolute Gasteiger partial charge is 0.341 e. The second-order valence-electron chi connectivity index (χ2n) is 4.91. The molecule has 0 heterocycles. The smallest absolute Gasteiger partial charge is 0.240 e. The molecule has 0 aromatic heterocycles. The molecule has 0 aliphatic rings. The zero-order valence-corrected chi connectivity index (χ0v) is 11.3. The molecule has 0 fully saturated rings. The minimum absolute atomic E-state index is 0.0848. The first kappa shape index (κ1) is 14.8. The minimum Gasteiger partial charge on any atom is -0.341 e. The van der Waals surface area contributed by atoms with Crippen LogP contribution in [0.3, 0.4) is 0 Å². The summed E-state index contributed by atoms with van der Waals surface area (Å²) >= 11 is 5.99. The second-order valence-corrected chi connectivity index (χ2v) is 5.43. The van der Waals surface area contributed by atoms with E-state index in [0.29, 0.717) is 18.3 Å². The molecule has 0 rings (SSSR count). The summed E-state index contributed by atoms with van der Waals surface area (Å²) in [6, 6.07) is 0. The Labute approximate surface area is 99.0 Å². The molecule has 0 aromatic rings. The van der Waals surface area contributed by atoms with E-state index in [-0.39, 0.29) is 11.3 Å². The maximum absolute atomic E-state index is 11.9. The molecular formula is C12H24ClNO. The maximum atomic E-state index is 11.9. The number of rotatable bonds is 6. The Morgan fingerprint density at radius 2 is 1.53 bits per heavy atom. The molecule has 0 saturated carbocycles. The molecule has 1 amide bonds. The molecule has 15 heavy (non-hydrogen) atoms. The van der Waals surface area contributed by atoms with Gasteiger partial charge in [0.25, 0.3) is 0 Å². The Hall–Kier alpha value is -0.240. The van der Waals surface area contributed by atoms with Crippen LogP contribution >= 0.6 is 11.6 Å². The number of nitrogens with zero attached hydrogens (tertiary/aromatic N) is 1. The molecule has 0 bridgehead atoms. The van der Waals surface area contributed by atoms with Gasteiger partial charge in [0.1, 0.15) is 5.38 Å². The highest BCUT2D eigenvalue weighted by Crippen LogP contribution is 2.11. The molecule has 0 spiro atoms. The van der Waals surface area contributed by atoms with E-state index in [4.69, 9.17) is 11.6 Å². The zero-order valence-electron chi connectivity index (χ0n) is 10.6. The standard InChI is InChI=1S/C12H24ClNO/c1-6-11(13)12(15)14(7-9(2)3)8-10(4)5/h9-11H,6-8H2,1-5H3/t11-/m0/s1. The van der Waals surface area contributed by atoms with Crippen LogP contribution in [0.15, 0.2) is 0 Å². The van der Waals surface area contributed by atoms with Crippen LogP contribution in [0, 0.1) is 11.8 Å².